The van der Waals surface area contributed by atoms with Crippen LogP contribution in [0.25, 0.3) is 11.0 Å². The van der Waals surface area contributed by atoms with Crippen molar-refractivity contribution in [2.24, 2.45) is 5.92 Å². The average Bonchev–Trinajstić information content (AvgIpc) is 3.36. The van der Waals surface area contributed by atoms with Crippen LogP contribution in [0.2, 0.25) is 0 Å². The number of nitrogens with one attached hydrogen (secondary N) is 1. The molecular formula is C32H39Cl2FN4O2. The molecule has 0 aliphatic carbocycles. The third-order valence-corrected chi connectivity index (χ3v) is 7.68. The Hall–Kier alpha value is -2.97. The molecule has 9 heteroatoms. The van der Waals surface area contributed by atoms with Crippen LogP contribution in [-0.4, -0.2) is 48.0 Å². The minimum Gasteiger partial charge on any atom is -0.356 e. The summed E-state index contributed by atoms with van der Waals surface area (Å²) in [5, 5.41) is 8.50. The van der Waals surface area contributed by atoms with E-state index in [2.05, 4.69) is 62.7 Å². The Labute approximate surface area is 254 Å². The van der Waals surface area contributed by atoms with Gasteiger partial charge in [-0.25, -0.2) is 4.39 Å². The summed E-state index contributed by atoms with van der Waals surface area (Å²) in [4.78, 5) is 17.2. The zero-order valence-electron chi connectivity index (χ0n) is 23.6. The lowest BCUT2D eigenvalue weighted by Crippen LogP contribution is -2.33. The van der Waals surface area contributed by atoms with Crippen molar-refractivity contribution in [3.05, 3.63) is 100 Å². The zero-order chi connectivity index (χ0) is 27.2. The van der Waals surface area contributed by atoms with Gasteiger partial charge in [-0.15, -0.1) is 24.8 Å². The lowest BCUT2D eigenvalue weighted by atomic mass is 9.90. The Morgan fingerprint density at radius 3 is 2.41 bits per heavy atom. The summed E-state index contributed by atoms with van der Waals surface area (Å²) >= 11 is 0. The third kappa shape index (κ3) is 8.52. The Kier molecular flexibility index (Phi) is 12.2. The van der Waals surface area contributed by atoms with E-state index < -0.39 is 0 Å². The number of fused-ring (bicyclic) bond motifs is 1. The number of hydrogen-bond acceptors (Lipinski definition) is 5. The fourth-order valence-electron chi connectivity index (χ4n) is 5.48. The Morgan fingerprint density at radius 1 is 1.02 bits per heavy atom. The van der Waals surface area contributed by atoms with Gasteiger partial charge in [0.05, 0.1) is 5.69 Å². The smallest absolute Gasteiger partial charge is 0.251 e. The molecular weight excluding hydrogens is 562 g/mol. The van der Waals surface area contributed by atoms with Gasteiger partial charge >= 0.3 is 0 Å². The molecule has 2 heterocycles. The van der Waals surface area contributed by atoms with Crippen molar-refractivity contribution in [2.45, 2.75) is 45.3 Å². The van der Waals surface area contributed by atoms with Crippen molar-refractivity contribution < 1.29 is 13.7 Å². The molecule has 1 saturated heterocycles. The zero-order valence-corrected chi connectivity index (χ0v) is 25.3. The second-order valence-electron chi connectivity index (χ2n) is 10.9. The van der Waals surface area contributed by atoms with Gasteiger partial charge in [-0.3, -0.25) is 9.69 Å². The van der Waals surface area contributed by atoms with Crippen molar-refractivity contribution in [3.8, 4) is 0 Å². The number of halogens is 3. The van der Waals surface area contributed by atoms with Crippen LogP contribution < -0.4 is 5.32 Å². The predicted molar refractivity (Wildman–Crippen MR) is 166 cm³/mol. The largest absolute Gasteiger partial charge is 0.356 e. The molecule has 41 heavy (non-hydrogen) atoms. The number of hydrogen-bond donors (Lipinski definition) is 1. The molecule has 1 fully saturated rings. The molecule has 1 amide bonds. The van der Waals surface area contributed by atoms with Gasteiger partial charge in [0.15, 0.2) is 5.58 Å². The van der Waals surface area contributed by atoms with Crippen molar-refractivity contribution in [1.29, 1.82) is 0 Å². The molecule has 1 aromatic heterocycles. The molecule has 1 aliphatic heterocycles. The highest BCUT2D eigenvalue weighted by atomic mass is 35.5. The van der Waals surface area contributed by atoms with Crippen molar-refractivity contribution in [1.82, 2.24) is 20.3 Å². The number of likely N-dealkylation sites (tertiary alicyclic amines) is 1. The number of aryl methyl sites for hydroxylation is 1. The number of rotatable bonds is 10. The Balaban J connectivity index is 0.00000231. The van der Waals surface area contributed by atoms with Gasteiger partial charge in [-0.2, -0.15) is 0 Å². The predicted octanol–water partition coefficient (Wildman–Crippen LogP) is 6.65. The van der Waals surface area contributed by atoms with Gasteiger partial charge in [-0.1, -0.05) is 41.6 Å². The van der Waals surface area contributed by atoms with Crippen LogP contribution in [0, 0.1) is 11.7 Å². The third-order valence-electron chi connectivity index (χ3n) is 7.68. The monoisotopic (exact) mass is 600 g/mol. The number of benzene rings is 3. The first-order valence-electron chi connectivity index (χ1n) is 13.8. The first-order valence-corrected chi connectivity index (χ1v) is 13.8. The van der Waals surface area contributed by atoms with Crippen LogP contribution >= 0.6 is 24.8 Å². The van der Waals surface area contributed by atoms with Crippen LogP contribution in [0.4, 0.5) is 4.39 Å². The van der Waals surface area contributed by atoms with Gasteiger partial charge in [0.1, 0.15) is 5.82 Å². The highest BCUT2D eigenvalue weighted by molar-refractivity contribution is 5.94. The minimum atomic E-state index is -0.361. The van der Waals surface area contributed by atoms with E-state index >= 15 is 0 Å². The number of nitrogens with zero attached hydrogens (tertiary/aromatic N) is 3. The van der Waals surface area contributed by atoms with Crippen LogP contribution in [0.15, 0.2) is 71.3 Å². The molecule has 0 atom stereocenters. The topological polar surface area (TPSA) is 61.6 Å². The minimum absolute atomic E-state index is 0. The average molecular weight is 602 g/mol. The van der Waals surface area contributed by atoms with E-state index in [1.807, 2.05) is 14.1 Å². The summed E-state index contributed by atoms with van der Waals surface area (Å²) in [6.07, 6.45) is 4.44. The number of piperidine rings is 1. The first-order chi connectivity index (χ1) is 19.0. The van der Waals surface area contributed by atoms with Crippen LogP contribution in [-0.2, 0) is 26.1 Å². The normalized spacial score (nSPS) is 14.0. The lowest BCUT2D eigenvalue weighted by Gasteiger charge is -2.32. The fraction of sp³-hybridized carbons (Fsp3) is 0.375. The van der Waals surface area contributed by atoms with Crippen LogP contribution in [0.5, 0.6) is 0 Å². The van der Waals surface area contributed by atoms with E-state index in [4.69, 9.17) is 4.52 Å². The van der Waals surface area contributed by atoms with Gasteiger partial charge < -0.3 is 14.7 Å². The van der Waals surface area contributed by atoms with E-state index in [0.29, 0.717) is 24.6 Å². The van der Waals surface area contributed by atoms with E-state index in [9.17, 15) is 9.18 Å². The van der Waals surface area contributed by atoms with Gasteiger partial charge in [0.2, 0.25) is 0 Å². The standard InChI is InChI=1S/C32H37FN4O2.2ClH/c1-36(2)22-29-26(20-34-32(38)25-9-12-27(33)13-10-25)11-14-28-30(35-39-31(28)29)15-8-23-16-18-37(19-17-23)21-24-6-4-3-5-7-24;;/h3-7,9-14,23H,8,15-22H2,1-2H3,(H,34,38);2*1H. The summed E-state index contributed by atoms with van der Waals surface area (Å²) in [5.74, 6) is 0.102. The maximum absolute atomic E-state index is 13.2. The highest BCUT2D eigenvalue weighted by Gasteiger charge is 2.22. The molecule has 1 N–H and O–H groups in total. The lowest BCUT2D eigenvalue weighted by molar-refractivity contribution is 0.0950. The molecule has 4 aromatic rings. The summed E-state index contributed by atoms with van der Waals surface area (Å²) in [6.45, 7) is 4.33. The molecule has 220 valence electrons. The van der Waals surface area contributed by atoms with Crippen molar-refractivity contribution in [2.75, 3.05) is 27.2 Å². The van der Waals surface area contributed by atoms with E-state index in [-0.39, 0.29) is 36.5 Å². The van der Waals surface area contributed by atoms with Crippen molar-refractivity contribution in [3.63, 3.8) is 0 Å². The molecule has 1 aliphatic rings. The van der Waals surface area contributed by atoms with Crippen LogP contribution in [0.1, 0.15) is 52.0 Å². The molecule has 0 spiro atoms. The maximum Gasteiger partial charge on any atom is 0.251 e. The number of amides is 1. The fourth-order valence-corrected chi connectivity index (χ4v) is 5.48. The summed E-state index contributed by atoms with van der Waals surface area (Å²) < 4.78 is 19.1. The van der Waals surface area contributed by atoms with E-state index in [1.165, 1.54) is 42.7 Å². The second-order valence-corrected chi connectivity index (χ2v) is 10.9. The van der Waals surface area contributed by atoms with Gasteiger partial charge in [0, 0.05) is 36.1 Å². The first kappa shape index (κ1) is 32.5. The van der Waals surface area contributed by atoms with E-state index in [1.54, 1.807) is 0 Å². The molecule has 0 unspecified atom stereocenters. The molecule has 6 nitrogen and oxygen atoms in total. The summed E-state index contributed by atoms with van der Waals surface area (Å²) in [7, 11) is 4.03. The molecule has 3 aromatic carbocycles. The van der Waals surface area contributed by atoms with Crippen molar-refractivity contribution >= 4 is 41.7 Å². The summed E-state index contributed by atoms with van der Waals surface area (Å²) in [6, 6.07) is 20.4. The number of aromatic nitrogens is 1. The van der Waals surface area contributed by atoms with Gasteiger partial charge in [-0.05, 0) is 100 Å². The SMILES string of the molecule is CN(C)Cc1c(CNC(=O)c2ccc(F)cc2)ccc2c(CCC3CCN(Cc4ccccc4)CC3)noc12.Cl.Cl. The Bertz CT molecular complexity index is 1390. The highest BCUT2D eigenvalue weighted by Crippen LogP contribution is 2.29. The molecule has 0 bridgehead atoms. The molecule has 0 radical (unpaired) electrons. The summed E-state index contributed by atoms with van der Waals surface area (Å²) in [5.41, 5.74) is 5.64. The van der Waals surface area contributed by atoms with E-state index in [0.717, 1.165) is 60.3 Å². The second kappa shape index (κ2) is 15.3. The number of carbonyl (C=O) groups excluding carboxylic acids is 1. The molecule has 0 saturated carbocycles. The van der Waals surface area contributed by atoms with Gasteiger partial charge in [0.25, 0.3) is 5.91 Å². The molecule has 5 rings (SSSR count). The Morgan fingerprint density at radius 2 is 1.73 bits per heavy atom. The number of carbonyl (C=O) groups is 1. The maximum atomic E-state index is 13.2. The quantitative estimate of drug-likeness (QED) is 0.221. The van der Waals surface area contributed by atoms with Crippen LogP contribution in [0.3, 0.4) is 0 Å².